The molecule has 0 bridgehead atoms. The zero-order valence-electron chi connectivity index (χ0n) is 15.5. The topological polar surface area (TPSA) is 110 Å². The molecule has 2 aliphatic rings. The zero-order valence-corrected chi connectivity index (χ0v) is 17.1. The van der Waals surface area contributed by atoms with Gasteiger partial charge in [-0.2, -0.15) is 4.31 Å². The standard InChI is InChI=1S/C17H22N6O3S2/c1-12(27-17-19-20-21-23(17)14-6-7-14)16(24)18-13-4-8-15(9-5-13)28(25,26)22-10-2-3-11-22/h4-5,8-9,12,14H,2-3,6-7,10-11H2,1H3,(H,18,24)/t12-/m1/s1. The van der Waals surface area contributed by atoms with E-state index in [-0.39, 0.29) is 10.8 Å². The third-order valence-corrected chi connectivity index (χ3v) is 7.79. The van der Waals surface area contributed by atoms with Crippen molar-refractivity contribution in [2.24, 2.45) is 0 Å². The van der Waals surface area contributed by atoms with Crippen LogP contribution in [0.25, 0.3) is 0 Å². The van der Waals surface area contributed by atoms with Crippen molar-refractivity contribution >= 4 is 33.4 Å². The highest BCUT2D eigenvalue weighted by Crippen LogP contribution is 2.37. The lowest BCUT2D eigenvalue weighted by Gasteiger charge is -2.16. The molecule has 1 aromatic heterocycles. The normalized spacial score (nSPS) is 18.9. The maximum Gasteiger partial charge on any atom is 0.243 e. The summed E-state index contributed by atoms with van der Waals surface area (Å²) in [4.78, 5) is 12.7. The summed E-state index contributed by atoms with van der Waals surface area (Å²) in [5.74, 6) is -0.189. The summed E-state index contributed by atoms with van der Waals surface area (Å²) >= 11 is 1.31. The van der Waals surface area contributed by atoms with Crippen LogP contribution in [0.2, 0.25) is 0 Å². The largest absolute Gasteiger partial charge is 0.325 e. The molecule has 2 aromatic rings. The van der Waals surface area contributed by atoms with Gasteiger partial charge in [0, 0.05) is 18.8 Å². The Balaban J connectivity index is 1.38. The minimum atomic E-state index is -3.45. The molecular weight excluding hydrogens is 400 g/mol. The van der Waals surface area contributed by atoms with Gasteiger partial charge in [0.2, 0.25) is 21.1 Å². The van der Waals surface area contributed by atoms with Crippen LogP contribution in [0.1, 0.15) is 38.6 Å². The number of aromatic nitrogens is 4. The average molecular weight is 423 g/mol. The van der Waals surface area contributed by atoms with E-state index in [1.165, 1.54) is 28.2 Å². The molecule has 28 heavy (non-hydrogen) atoms. The van der Waals surface area contributed by atoms with Crippen molar-refractivity contribution in [1.29, 1.82) is 0 Å². The molecule has 0 unspecified atom stereocenters. The third kappa shape index (κ3) is 4.06. The molecule has 1 saturated heterocycles. The van der Waals surface area contributed by atoms with Gasteiger partial charge in [0.05, 0.1) is 16.2 Å². The van der Waals surface area contributed by atoms with Gasteiger partial charge in [-0.05, 0) is 67.3 Å². The van der Waals surface area contributed by atoms with Crippen molar-refractivity contribution in [2.45, 2.75) is 54.0 Å². The van der Waals surface area contributed by atoms with Gasteiger partial charge >= 0.3 is 0 Å². The lowest BCUT2D eigenvalue weighted by Crippen LogP contribution is -2.27. The van der Waals surface area contributed by atoms with Gasteiger partial charge in [-0.3, -0.25) is 4.79 Å². The molecule has 11 heteroatoms. The highest BCUT2D eigenvalue weighted by Gasteiger charge is 2.30. The Labute approximate surface area is 167 Å². The van der Waals surface area contributed by atoms with Gasteiger partial charge in [0.1, 0.15) is 0 Å². The molecule has 2 fully saturated rings. The number of nitrogens with one attached hydrogen (secondary N) is 1. The Bertz CT molecular complexity index is 950. The van der Waals surface area contributed by atoms with E-state index in [1.54, 1.807) is 23.7 Å². The molecule has 1 aromatic carbocycles. The van der Waals surface area contributed by atoms with Gasteiger partial charge in [0.25, 0.3) is 0 Å². The fraction of sp³-hybridized carbons (Fsp3) is 0.529. The molecule has 2 heterocycles. The van der Waals surface area contributed by atoms with Crippen LogP contribution in [0.3, 0.4) is 0 Å². The number of carbonyl (C=O) groups is 1. The van der Waals surface area contributed by atoms with E-state index in [0.29, 0.717) is 30.0 Å². The van der Waals surface area contributed by atoms with E-state index in [0.717, 1.165) is 25.7 Å². The number of amides is 1. The van der Waals surface area contributed by atoms with Crippen molar-refractivity contribution < 1.29 is 13.2 Å². The predicted molar refractivity (Wildman–Crippen MR) is 104 cm³/mol. The molecule has 9 nitrogen and oxygen atoms in total. The number of anilines is 1. The summed E-state index contributed by atoms with van der Waals surface area (Å²) < 4.78 is 28.4. The zero-order chi connectivity index (χ0) is 19.7. The maximum atomic E-state index is 12.6. The van der Waals surface area contributed by atoms with E-state index in [4.69, 9.17) is 0 Å². The quantitative estimate of drug-likeness (QED) is 0.679. The molecule has 1 amide bonds. The molecule has 1 aliphatic heterocycles. The van der Waals surface area contributed by atoms with Crippen LogP contribution in [-0.4, -0.2) is 57.2 Å². The number of benzene rings is 1. The molecular formula is C17H22N6O3S2. The lowest BCUT2D eigenvalue weighted by molar-refractivity contribution is -0.115. The van der Waals surface area contributed by atoms with Crippen LogP contribution in [0.4, 0.5) is 5.69 Å². The van der Waals surface area contributed by atoms with Crippen molar-refractivity contribution in [3.8, 4) is 0 Å². The number of thioether (sulfide) groups is 1. The first-order chi connectivity index (χ1) is 13.4. The Hall–Kier alpha value is -1.98. The Morgan fingerprint density at radius 1 is 1.21 bits per heavy atom. The highest BCUT2D eigenvalue weighted by molar-refractivity contribution is 8.00. The van der Waals surface area contributed by atoms with Gasteiger partial charge < -0.3 is 5.32 Å². The Kier molecular flexibility index (Phi) is 5.39. The van der Waals surface area contributed by atoms with E-state index in [9.17, 15) is 13.2 Å². The Morgan fingerprint density at radius 2 is 1.89 bits per heavy atom. The SMILES string of the molecule is C[C@@H](Sc1nnnn1C1CC1)C(=O)Nc1ccc(S(=O)(=O)N2CCCC2)cc1. The van der Waals surface area contributed by atoms with E-state index in [2.05, 4.69) is 20.8 Å². The van der Waals surface area contributed by atoms with Crippen molar-refractivity contribution in [2.75, 3.05) is 18.4 Å². The molecule has 1 N–H and O–H groups in total. The van der Waals surface area contributed by atoms with E-state index < -0.39 is 15.3 Å². The fourth-order valence-corrected chi connectivity index (χ4v) is 5.43. The summed E-state index contributed by atoms with van der Waals surface area (Å²) in [6.45, 7) is 2.92. The average Bonchev–Trinajstić information content (AvgIpc) is 3.17. The van der Waals surface area contributed by atoms with Crippen LogP contribution in [0, 0.1) is 0 Å². The molecule has 1 saturated carbocycles. The first-order valence-electron chi connectivity index (χ1n) is 9.31. The van der Waals surface area contributed by atoms with Crippen molar-refractivity contribution in [3.05, 3.63) is 24.3 Å². The molecule has 1 atom stereocenters. The second kappa shape index (κ2) is 7.80. The fourth-order valence-electron chi connectivity index (χ4n) is 3.05. The molecule has 4 rings (SSSR count). The second-order valence-electron chi connectivity index (χ2n) is 7.02. The van der Waals surface area contributed by atoms with Gasteiger partial charge in [-0.15, -0.1) is 5.10 Å². The first kappa shape index (κ1) is 19.3. The van der Waals surface area contributed by atoms with Crippen LogP contribution in [0.15, 0.2) is 34.3 Å². The van der Waals surface area contributed by atoms with Crippen LogP contribution < -0.4 is 5.32 Å². The number of tetrazole rings is 1. The molecule has 1 aliphatic carbocycles. The minimum Gasteiger partial charge on any atom is -0.325 e. The second-order valence-corrected chi connectivity index (χ2v) is 10.3. The number of sulfonamides is 1. The summed E-state index contributed by atoms with van der Waals surface area (Å²) in [6.07, 6.45) is 3.91. The minimum absolute atomic E-state index is 0.189. The summed E-state index contributed by atoms with van der Waals surface area (Å²) in [5.41, 5.74) is 0.555. The number of nitrogens with zero attached hydrogens (tertiary/aromatic N) is 5. The lowest BCUT2D eigenvalue weighted by atomic mass is 10.3. The molecule has 0 spiro atoms. The van der Waals surface area contributed by atoms with E-state index in [1.807, 2.05) is 0 Å². The van der Waals surface area contributed by atoms with Crippen LogP contribution >= 0.6 is 11.8 Å². The monoisotopic (exact) mass is 422 g/mol. The highest BCUT2D eigenvalue weighted by atomic mass is 32.2. The van der Waals surface area contributed by atoms with Crippen LogP contribution in [-0.2, 0) is 14.8 Å². The first-order valence-corrected chi connectivity index (χ1v) is 11.6. The molecule has 0 radical (unpaired) electrons. The number of carbonyl (C=O) groups excluding carboxylic acids is 1. The number of hydrogen-bond donors (Lipinski definition) is 1. The summed E-state index contributed by atoms with van der Waals surface area (Å²) in [7, 11) is -3.45. The molecule has 150 valence electrons. The third-order valence-electron chi connectivity index (χ3n) is 4.83. The van der Waals surface area contributed by atoms with Crippen molar-refractivity contribution in [1.82, 2.24) is 24.5 Å². The Morgan fingerprint density at radius 3 is 2.54 bits per heavy atom. The van der Waals surface area contributed by atoms with Crippen LogP contribution in [0.5, 0.6) is 0 Å². The van der Waals surface area contributed by atoms with Gasteiger partial charge in [-0.1, -0.05) is 11.8 Å². The van der Waals surface area contributed by atoms with Gasteiger partial charge in [-0.25, -0.2) is 13.1 Å². The van der Waals surface area contributed by atoms with Crippen molar-refractivity contribution in [3.63, 3.8) is 0 Å². The van der Waals surface area contributed by atoms with Gasteiger partial charge in [0.15, 0.2) is 0 Å². The number of hydrogen-bond acceptors (Lipinski definition) is 7. The summed E-state index contributed by atoms with van der Waals surface area (Å²) in [6, 6.07) is 6.65. The van der Waals surface area contributed by atoms with E-state index >= 15 is 0 Å². The smallest absolute Gasteiger partial charge is 0.243 e. The summed E-state index contributed by atoms with van der Waals surface area (Å²) in [5, 5.41) is 14.7. The maximum absolute atomic E-state index is 12.6. The number of rotatable bonds is 7. The predicted octanol–water partition coefficient (Wildman–Crippen LogP) is 1.91.